The van der Waals surface area contributed by atoms with Crippen LogP contribution in [-0.2, 0) is 0 Å². The van der Waals surface area contributed by atoms with Crippen LogP contribution in [0.4, 0.5) is 10.1 Å². The molecule has 0 unspecified atom stereocenters. The fourth-order valence-electron chi connectivity index (χ4n) is 2.19. The van der Waals surface area contributed by atoms with Gasteiger partial charge in [0.15, 0.2) is 11.3 Å². The van der Waals surface area contributed by atoms with Crippen molar-refractivity contribution >= 4 is 28.5 Å². The predicted octanol–water partition coefficient (Wildman–Crippen LogP) is 2.63. The summed E-state index contributed by atoms with van der Waals surface area (Å²) in [5.74, 6) is -2.41. The number of nitrogens with two attached hydrogens (primary N) is 1. The van der Waals surface area contributed by atoms with Crippen molar-refractivity contribution in [2.75, 3.05) is 5.32 Å². The van der Waals surface area contributed by atoms with Gasteiger partial charge in [0.1, 0.15) is 11.5 Å². The molecule has 0 atom stereocenters. The fraction of sp³-hybridized carbons (Fsp3) is 0. The molecule has 6 nitrogen and oxygen atoms in total. The van der Waals surface area contributed by atoms with Crippen molar-refractivity contribution in [3.05, 3.63) is 59.6 Å². The molecule has 0 saturated carbocycles. The van der Waals surface area contributed by atoms with Gasteiger partial charge in [-0.3, -0.25) is 9.59 Å². The van der Waals surface area contributed by atoms with Gasteiger partial charge in [0.2, 0.25) is 5.76 Å². The van der Waals surface area contributed by atoms with E-state index in [0.717, 1.165) is 12.1 Å². The summed E-state index contributed by atoms with van der Waals surface area (Å²) in [6.07, 6.45) is 0. The molecule has 1 aromatic heterocycles. The van der Waals surface area contributed by atoms with E-state index in [1.165, 1.54) is 24.3 Å². The molecule has 3 rings (SSSR count). The molecule has 116 valence electrons. The van der Waals surface area contributed by atoms with Crippen molar-refractivity contribution in [2.45, 2.75) is 0 Å². The Morgan fingerprint density at radius 2 is 1.83 bits per heavy atom. The smallest absolute Gasteiger partial charge is 0.286 e. The Bertz CT molecular complexity index is 916. The first-order valence-corrected chi connectivity index (χ1v) is 6.58. The molecule has 0 aliphatic carbocycles. The summed E-state index contributed by atoms with van der Waals surface area (Å²) in [6, 6.07) is 9.36. The van der Waals surface area contributed by atoms with E-state index in [2.05, 4.69) is 5.32 Å². The number of anilines is 1. The molecule has 0 radical (unpaired) electrons. The van der Waals surface area contributed by atoms with Crippen molar-refractivity contribution in [3.63, 3.8) is 0 Å². The summed E-state index contributed by atoms with van der Waals surface area (Å²) in [6.45, 7) is 0. The Morgan fingerprint density at radius 3 is 2.48 bits per heavy atom. The summed E-state index contributed by atoms with van der Waals surface area (Å²) < 4.78 is 18.2. The van der Waals surface area contributed by atoms with Gasteiger partial charge >= 0.3 is 0 Å². The second-order valence-corrected chi connectivity index (χ2v) is 4.79. The number of hydrogen-bond acceptors (Lipinski definition) is 4. The van der Waals surface area contributed by atoms with Crippen LogP contribution in [0.2, 0.25) is 0 Å². The number of halogens is 1. The van der Waals surface area contributed by atoms with Gasteiger partial charge in [-0.25, -0.2) is 4.39 Å². The van der Waals surface area contributed by atoms with E-state index in [-0.39, 0.29) is 28.3 Å². The summed E-state index contributed by atoms with van der Waals surface area (Å²) >= 11 is 0. The fourth-order valence-corrected chi connectivity index (χ4v) is 2.19. The Balaban J connectivity index is 2.06. The van der Waals surface area contributed by atoms with E-state index >= 15 is 0 Å². The molecule has 0 spiro atoms. The van der Waals surface area contributed by atoms with Crippen LogP contribution in [-0.4, -0.2) is 16.9 Å². The summed E-state index contributed by atoms with van der Waals surface area (Å²) in [4.78, 5) is 23.7. The normalized spacial score (nSPS) is 10.7. The maximum Gasteiger partial charge on any atom is 0.286 e. The molecule has 4 N–H and O–H groups in total. The summed E-state index contributed by atoms with van der Waals surface area (Å²) in [7, 11) is 0. The largest absolute Gasteiger partial charge is 0.504 e. The Labute approximate surface area is 129 Å². The van der Waals surface area contributed by atoms with Crippen molar-refractivity contribution in [1.82, 2.24) is 0 Å². The van der Waals surface area contributed by atoms with Crippen molar-refractivity contribution in [2.24, 2.45) is 5.73 Å². The zero-order valence-corrected chi connectivity index (χ0v) is 11.7. The molecule has 2 amide bonds. The van der Waals surface area contributed by atoms with E-state index in [9.17, 15) is 19.1 Å². The highest BCUT2D eigenvalue weighted by Crippen LogP contribution is 2.35. The van der Waals surface area contributed by atoms with Gasteiger partial charge in [0.05, 0.1) is 0 Å². The number of amides is 2. The Morgan fingerprint density at radius 1 is 1.13 bits per heavy atom. The van der Waals surface area contributed by atoms with E-state index in [4.69, 9.17) is 10.2 Å². The number of para-hydroxylation sites is 1. The zero-order valence-electron chi connectivity index (χ0n) is 11.7. The topological polar surface area (TPSA) is 106 Å². The number of primary amides is 1. The molecular formula is C16H11FN2O4. The van der Waals surface area contributed by atoms with Crippen LogP contribution in [0, 0.1) is 5.82 Å². The number of aromatic hydroxyl groups is 1. The van der Waals surface area contributed by atoms with Crippen LogP contribution in [0.25, 0.3) is 11.0 Å². The van der Waals surface area contributed by atoms with Crippen molar-refractivity contribution in [1.29, 1.82) is 0 Å². The third-order valence-electron chi connectivity index (χ3n) is 3.26. The lowest BCUT2D eigenvalue weighted by Gasteiger charge is -2.05. The first-order valence-electron chi connectivity index (χ1n) is 6.58. The lowest BCUT2D eigenvalue weighted by Crippen LogP contribution is -2.17. The zero-order chi connectivity index (χ0) is 16.6. The number of benzene rings is 2. The second-order valence-electron chi connectivity index (χ2n) is 4.79. The molecule has 0 fully saturated rings. The van der Waals surface area contributed by atoms with Crippen LogP contribution in [0.3, 0.4) is 0 Å². The van der Waals surface area contributed by atoms with Gasteiger partial charge in [-0.05, 0) is 36.4 Å². The summed E-state index contributed by atoms with van der Waals surface area (Å²) in [5.41, 5.74) is 5.53. The number of furan rings is 1. The number of carbonyl (C=O) groups excluding carboxylic acids is 2. The lowest BCUT2D eigenvalue weighted by atomic mass is 10.1. The molecule has 7 heteroatoms. The summed E-state index contributed by atoms with van der Waals surface area (Å²) in [5, 5.41) is 12.6. The van der Waals surface area contributed by atoms with Crippen LogP contribution >= 0.6 is 0 Å². The average molecular weight is 314 g/mol. The number of fused-ring (bicyclic) bond motifs is 1. The molecule has 0 saturated heterocycles. The van der Waals surface area contributed by atoms with Gasteiger partial charge in [-0.2, -0.15) is 0 Å². The standard InChI is InChI=1S/C16H11FN2O4/c17-9-6-4-8(5-7-9)16(22)19-12-10-2-1-3-11(20)13(10)23-14(12)15(18)21/h1-7,20H,(H2,18,21)(H,19,22). The van der Waals surface area contributed by atoms with Crippen molar-refractivity contribution < 1.29 is 23.5 Å². The minimum atomic E-state index is -0.894. The van der Waals surface area contributed by atoms with Crippen LogP contribution < -0.4 is 11.1 Å². The quantitative estimate of drug-likeness (QED) is 0.691. The number of hydrogen-bond donors (Lipinski definition) is 3. The molecule has 23 heavy (non-hydrogen) atoms. The van der Waals surface area contributed by atoms with E-state index in [1.54, 1.807) is 6.07 Å². The number of nitrogens with one attached hydrogen (secondary N) is 1. The molecule has 0 aliphatic rings. The molecule has 2 aromatic carbocycles. The maximum atomic E-state index is 12.9. The van der Waals surface area contributed by atoms with E-state index in [1.807, 2.05) is 0 Å². The highest BCUT2D eigenvalue weighted by Gasteiger charge is 2.22. The Kier molecular flexibility index (Phi) is 3.46. The van der Waals surface area contributed by atoms with Gasteiger partial charge in [-0.1, -0.05) is 6.07 Å². The number of rotatable bonds is 3. The molecule has 1 heterocycles. The molecule has 0 aliphatic heterocycles. The Hall–Kier alpha value is -3.35. The van der Waals surface area contributed by atoms with E-state index < -0.39 is 17.6 Å². The van der Waals surface area contributed by atoms with Crippen LogP contribution in [0.15, 0.2) is 46.9 Å². The number of carbonyl (C=O) groups is 2. The van der Waals surface area contributed by atoms with Gasteiger partial charge in [0.25, 0.3) is 11.8 Å². The average Bonchev–Trinajstić information content (AvgIpc) is 2.88. The monoisotopic (exact) mass is 314 g/mol. The molecule has 3 aromatic rings. The third kappa shape index (κ3) is 2.59. The molecular weight excluding hydrogens is 303 g/mol. The van der Waals surface area contributed by atoms with Gasteiger partial charge in [-0.15, -0.1) is 0 Å². The second kappa shape index (κ2) is 5.45. The lowest BCUT2D eigenvalue weighted by molar-refractivity contribution is 0.0977. The van der Waals surface area contributed by atoms with Crippen molar-refractivity contribution in [3.8, 4) is 5.75 Å². The third-order valence-corrected chi connectivity index (χ3v) is 3.26. The number of phenolic OH excluding ortho intramolecular Hbond substituents is 1. The van der Waals surface area contributed by atoms with Gasteiger partial charge < -0.3 is 20.6 Å². The number of phenols is 1. The molecule has 0 bridgehead atoms. The highest BCUT2D eigenvalue weighted by molar-refractivity contribution is 6.14. The first kappa shape index (κ1) is 14.6. The predicted molar refractivity (Wildman–Crippen MR) is 80.7 cm³/mol. The SMILES string of the molecule is NC(=O)c1oc2c(O)cccc2c1NC(=O)c1ccc(F)cc1. The minimum absolute atomic E-state index is 0.0377. The highest BCUT2D eigenvalue weighted by atomic mass is 19.1. The minimum Gasteiger partial charge on any atom is -0.504 e. The van der Waals surface area contributed by atoms with Gasteiger partial charge in [0, 0.05) is 10.9 Å². The van der Waals surface area contributed by atoms with Crippen LogP contribution in [0.5, 0.6) is 5.75 Å². The van der Waals surface area contributed by atoms with E-state index in [0.29, 0.717) is 5.39 Å². The van der Waals surface area contributed by atoms with Crippen LogP contribution in [0.1, 0.15) is 20.9 Å². The first-order chi connectivity index (χ1) is 11.0. The maximum absolute atomic E-state index is 12.9.